The number of nitrogens with two attached hydrogens (primary N) is 1. The summed E-state index contributed by atoms with van der Waals surface area (Å²) < 4.78 is 18.3. The molecule has 0 amide bonds. The van der Waals surface area contributed by atoms with Crippen LogP contribution in [0.4, 0.5) is 15.8 Å². The van der Waals surface area contributed by atoms with Gasteiger partial charge >= 0.3 is 0 Å². The van der Waals surface area contributed by atoms with Crippen molar-refractivity contribution in [2.24, 2.45) is 0 Å². The first kappa shape index (κ1) is 13.7. The molecule has 0 aliphatic carbocycles. The van der Waals surface area contributed by atoms with E-state index in [0.29, 0.717) is 24.4 Å². The van der Waals surface area contributed by atoms with Crippen LogP contribution in [0.15, 0.2) is 18.2 Å². The van der Waals surface area contributed by atoms with Gasteiger partial charge in [-0.2, -0.15) is 0 Å². The van der Waals surface area contributed by atoms with Crippen molar-refractivity contribution in [3.63, 3.8) is 0 Å². The molecule has 0 heterocycles. The van der Waals surface area contributed by atoms with Crippen LogP contribution in [0.5, 0.6) is 0 Å². The third-order valence-electron chi connectivity index (χ3n) is 2.50. The summed E-state index contributed by atoms with van der Waals surface area (Å²) in [6.07, 6.45) is 0.479. The van der Waals surface area contributed by atoms with Crippen LogP contribution >= 0.6 is 0 Å². The van der Waals surface area contributed by atoms with Crippen molar-refractivity contribution in [3.8, 4) is 0 Å². The zero-order valence-electron chi connectivity index (χ0n) is 10.2. The van der Waals surface area contributed by atoms with Gasteiger partial charge in [0.1, 0.15) is 5.82 Å². The van der Waals surface area contributed by atoms with Crippen molar-refractivity contribution in [2.45, 2.75) is 18.9 Å². The molecule has 5 heteroatoms. The predicted octanol–water partition coefficient (Wildman–Crippen LogP) is 1.61. The number of anilines is 2. The molecule has 0 radical (unpaired) electrons. The second kappa shape index (κ2) is 5.84. The fourth-order valence-corrected chi connectivity index (χ4v) is 1.37. The van der Waals surface area contributed by atoms with Gasteiger partial charge in [0.15, 0.2) is 0 Å². The highest BCUT2D eigenvalue weighted by Crippen LogP contribution is 2.18. The molecule has 17 heavy (non-hydrogen) atoms. The first-order chi connectivity index (χ1) is 7.94. The number of aliphatic hydroxyl groups is 1. The van der Waals surface area contributed by atoms with Gasteiger partial charge in [0.05, 0.1) is 11.3 Å². The third-order valence-corrected chi connectivity index (χ3v) is 2.50. The van der Waals surface area contributed by atoms with E-state index in [4.69, 9.17) is 10.5 Å². The number of methoxy groups -OCH3 is 1. The number of hydrogen-bond donors (Lipinski definition) is 3. The van der Waals surface area contributed by atoms with Gasteiger partial charge in [-0.25, -0.2) is 4.39 Å². The van der Waals surface area contributed by atoms with Crippen LogP contribution in [-0.2, 0) is 4.74 Å². The Kier molecular flexibility index (Phi) is 4.72. The summed E-state index contributed by atoms with van der Waals surface area (Å²) in [6, 6.07) is 4.40. The number of ether oxygens (including phenoxy) is 1. The van der Waals surface area contributed by atoms with E-state index in [1.54, 1.807) is 26.2 Å². The Morgan fingerprint density at radius 2 is 2.24 bits per heavy atom. The molecule has 0 aliphatic rings. The van der Waals surface area contributed by atoms with E-state index in [2.05, 4.69) is 5.32 Å². The van der Waals surface area contributed by atoms with Crippen LogP contribution < -0.4 is 11.1 Å². The highest BCUT2D eigenvalue weighted by atomic mass is 19.1. The maximum absolute atomic E-state index is 13.4. The monoisotopic (exact) mass is 242 g/mol. The lowest BCUT2D eigenvalue weighted by Crippen LogP contribution is -2.34. The smallest absolute Gasteiger partial charge is 0.148 e. The molecule has 4 N–H and O–H groups in total. The first-order valence-electron chi connectivity index (χ1n) is 5.45. The molecule has 0 fully saturated rings. The molecule has 1 atom stereocenters. The van der Waals surface area contributed by atoms with Crippen LogP contribution in [0.1, 0.15) is 13.3 Å². The SMILES string of the molecule is COCCC(C)(O)CNc1ccc(N)cc1F. The summed E-state index contributed by atoms with van der Waals surface area (Å²) in [5.74, 6) is -0.424. The largest absolute Gasteiger partial charge is 0.399 e. The van der Waals surface area contributed by atoms with E-state index >= 15 is 0 Å². The number of halogens is 1. The lowest BCUT2D eigenvalue weighted by Gasteiger charge is -2.24. The summed E-state index contributed by atoms with van der Waals surface area (Å²) in [6.45, 7) is 2.38. The second-order valence-corrected chi connectivity index (χ2v) is 4.33. The molecule has 0 spiro atoms. The van der Waals surface area contributed by atoms with Crippen LogP contribution in [-0.4, -0.2) is 31.0 Å². The number of nitrogen functional groups attached to an aromatic ring is 1. The van der Waals surface area contributed by atoms with Crippen molar-refractivity contribution >= 4 is 11.4 Å². The van der Waals surface area contributed by atoms with Crippen molar-refractivity contribution in [1.82, 2.24) is 0 Å². The molecule has 0 saturated carbocycles. The highest BCUT2D eigenvalue weighted by Gasteiger charge is 2.20. The van der Waals surface area contributed by atoms with Crippen molar-refractivity contribution in [1.29, 1.82) is 0 Å². The van der Waals surface area contributed by atoms with E-state index in [0.717, 1.165) is 0 Å². The molecular formula is C12H19FN2O2. The Morgan fingerprint density at radius 3 is 2.82 bits per heavy atom. The van der Waals surface area contributed by atoms with E-state index in [1.165, 1.54) is 6.07 Å². The Morgan fingerprint density at radius 1 is 1.53 bits per heavy atom. The molecule has 1 aromatic carbocycles. The summed E-state index contributed by atoms with van der Waals surface area (Å²) in [5, 5.41) is 12.8. The zero-order chi connectivity index (χ0) is 12.9. The minimum absolute atomic E-state index is 0.247. The molecule has 1 unspecified atom stereocenters. The quantitative estimate of drug-likeness (QED) is 0.663. The van der Waals surface area contributed by atoms with Gasteiger partial charge in [-0.3, -0.25) is 0 Å². The van der Waals surface area contributed by atoms with Crippen LogP contribution in [0.25, 0.3) is 0 Å². The minimum Gasteiger partial charge on any atom is -0.399 e. The second-order valence-electron chi connectivity index (χ2n) is 4.33. The Hall–Kier alpha value is -1.33. The molecule has 4 nitrogen and oxygen atoms in total. The maximum atomic E-state index is 13.4. The van der Waals surface area contributed by atoms with Gasteiger partial charge in [0.25, 0.3) is 0 Å². The van der Waals surface area contributed by atoms with E-state index in [-0.39, 0.29) is 6.54 Å². The van der Waals surface area contributed by atoms with Crippen molar-refractivity contribution in [2.75, 3.05) is 31.3 Å². The first-order valence-corrected chi connectivity index (χ1v) is 5.45. The number of rotatable bonds is 6. The van der Waals surface area contributed by atoms with E-state index in [9.17, 15) is 9.50 Å². The average molecular weight is 242 g/mol. The number of hydrogen-bond acceptors (Lipinski definition) is 4. The summed E-state index contributed by atoms with van der Waals surface area (Å²) in [5.41, 5.74) is 5.21. The molecule has 96 valence electrons. The molecule has 1 aromatic rings. The fourth-order valence-electron chi connectivity index (χ4n) is 1.37. The fraction of sp³-hybridized carbons (Fsp3) is 0.500. The Labute approximate surface area is 101 Å². The zero-order valence-corrected chi connectivity index (χ0v) is 10.2. The lowest BCUT2D eigenvalue weighted by atomic mass is 10.0. The highest BCUT2D eigenvalue weighted by molar-refractivity contribution is 5.52. The summed E-state index contributed by atoms with van der Waals surface area (Å²) >= 11 is 0. The number of benzene rings is 1. The molecule has 0 aliphatic heterocycles. The standard InChI is InChI=1S/C12H19FN2O2/c1-12(16,5-6-17-2)8-15-11-4-3-9(14)7-10(11)13/h3-4,7,15-16H,5-6,8,14H2,1-2H3. The van der Waals surface area contributed by atoms with Gasteiger partial charge in [-0.1, -0.05) is 0 Å². The maximum Gasteiger partial charge on any atom is 0.148 e. The molecule has 1 rings (SSSR count). The van der Waals surface area contributed by atoms with Gasteiger partial charge in [0.2, 0.25) is 0 Å². The van der Waals surface area contributed by atoms with E-state index in [1.807, 2.05) is 0 Å². The van der Waals surface area contributed by atoms with Crippen LogP contribution in [0.3, 0.4) is 0 Å². The molecule has 0 bridgehead atoms. The van der Waals surface area contributed by atoms with Crippen LogP contribution in [0.2, 0.25) is 0 Å². The minimum atomic E-state index is -0.941. The summed E-state index contributed by atoms with van der Waals surface area (Å²) in [4.78, 5) is 0. The Bertz CT molecular complexity index is 370. The molecular weight excluding hydrogens is 223 g/mol. The molecule has 0 saturated heterocycles. The van der Waals surface area contributed by atoms with Gasteiger partial charge in [0, 0.05) is 32.4 Å². The topological polar surface area (TPSA) is 67.5 Å². The average Bonchev–Trinajstić information content (AvgIpc) is 2.25. The molecule has 0 aromatic heterocycles. The Balaban J connectivity index is 2.54. The summed E-state index contributed by atoms with van der Waals surface area (Å²) in [7, 11) is 1.57. The van der Waals surface area contributed by atoms with Crippen molar-refractivity contribution in [3.05, 3.63) is 24.0 Å². The predicted molar refractivity (Wildman–Crippen MR) is 66.4 cm³/mol. The third kappa shape index (κ3) is 4.58. The number of nitrogens with one attached hydrogen (secondary N) is 1. The van der Waals surface area contributed by atoms with E-state index < -0.39 is 11.4 Å². The normalized spacial score (nSPS) is 14.4. The van der Waals surface area contributed by atoms with Crippen LogP contribution in [0, 0.1) is 5.82 Å². The van der Waals surface area contributed by atoms with Crippen molar-refractivity contribution < 1.29 is 14.2 Å². The van der Waals surface area contributed by atoms with Gasteiger partial charge < -0.3 is 20.9 Å². The van der Waals surface area contributed by atoms with Gasteiger partial charge in [-0.15, -0.1) is 0 Å². The lowest BCUT2D eigenvalue weighted by molar-refractivity contribution is 0.0357. The van der Waals surface area contributed by atoms with Gasteiger partial charge in [-0.05, 0) is 25.1 Å².